The van der Waals surface area contributed by atoms with Crippen LogP contribution in [0.5, 0.6) is 0 Å². The molecule has 0 saturated carbocycles. The molecule has 2 saturated heterocycles. The number of hydrogen-bond donors (Lipinski definition) is 2. The van der Waals surface area contributed by atoms with Crippen molar-refractivity contribution in [2.24, 2.45) is 0 Å². The molecule has 0 aromatic heterocycles. The Bertz CT molecular complexity index is 1050. The fourth-order valence-electron chi connectivity index (χ4n) is 5.08. The third kappa shape index (κ3) is 5.72. The van der Waals surface area contributed by atoms with E-state index in [2.05, 4.69) is 40.5 Å². The summed E-state index contributed by atoms with van der Waals surface area (Å²) >= 11 is 1.74. The second kappa shape index (κ2) is 11.1. The van der Waals surface area contributed by atoms with Crippen molar-refractivity contribution >= 4 is 23.6 Å². The summed E-state index contributed by atoms with van der Waals surface area (Å²) < 4.78 is 5.42. The molecule has 0 radical (unpaired) electrons. The van der Waals surface area contributed by atoms with Crippen LogP contribution in [0.4, 0.5) is 0 Å². The van der Waals surface area contributed by atoms with E-state index in [0.717, 1.165) is 61.9 Å². The fourth-order valence-corrected chi connectivity index (χ4v) is 6.12. The maximum Gasteiger partial charge on any atom is 0.255 e. The highest BCUT2D eigenvalue weighted by atomic mass is 32.2. The Hall–Kier alpha value is -2.39. The minimum absolute atomic E-state index is 0.0968. The van der Waals surface area contributed by atoms with Crippen LogP contribution >= 0.6 is 11.8 Å². The van der Waals surface area contributed by atoms with Crippen LogP contribution in [0, 0.1) is 0 Å². The van der Waals surface area contributed by atoms with Crippen LogP contribution in [0.25, 0.3) is 0 Å². The third-order valence-corrected chi connectivity index (χ3v) is 8.29. The molecule has 8 heteroatoms. The van der Waals surface area contributed by atoms with Crippen molar-refractivity contribution < 1.29 is 19.4 Å². The highest BCUT2D eigenvalue weighted by Crippen LogP contribution is 2.35. The first-order chi connectivity index (χ1) is 17.1. The van der Waals surface area contributed by atoms with Gasteiger partial charge in [0.15, 0.2) is 0 Å². The number of aliphatic hydroxyl groups is 1. The zero-order valence-corrected chi connectivity index (χ0v) is 20.8. The third-order valence-electron chi connectivity index (χ3n) is 7.11. The molecule has 0 aliphatic carbocycles. The van der Waals surface area contributed by atoms with Crippen molar-refractivity contribution in [2.75, 3.05) is 32.8 Å². The molecule has 2 unspecified atom stereocenters. The summed E-state index contributed by atoms with van der Waals surface area (Å²) in [5, 5.41) is 12.2. The highest BCUT2D eigenvalue weighted by Gasteiger charge is 2.39. The molecule has 2 amide bonds. The van der Waals surface area contributed by atoms with Gasteiger partial charge in [-0.1, -0.05) is 30.3 Å². The van der Waals surface area contributed by atoms with E-state index in [1.54, 1.807) is 16.7 Å². The zero-order chi connectivity index (χ0) is 24.2. The molecule has 3 aliphatic heterocycles. The predicted molar refractivity (Wildman–Crippen MR) is 135 cm³/mol. The van der Waals surface area contributed by atoms with Crippen LogP contribution in [0.3, 0.4) is 0 Å². The standard InChI is InChI=1S/C27H33N3O4S/c31-25-11-10-23(26(32)28-25)30-17-22-21(27(30)33)4-1-5-24(22)35-18-20-8-6-19(7-9-20)3-2-12-29-13-15-34-16-14-29/h1,4-9,23,25,31H,2-3,10-18H2,(H,28,32). The number of morpholine rings is 1. The molecular weight excluding hydrogens is 462 g/mol. The number of ether oxygens (including phenoxy) is 1. The summed E-state index contributed by atoms with van der Waals surface area (Å²) in [6.07, 6.45) is 2.36. The number of benzene rings is 2. The van der Waals surface area contributed by atoms with E-state index in [-0.39, 0.29) is 11.8 Å². The van der Waals surface area contributed by atoms with E-state index in [0.29, 0.717) is 24.9 Å². The first kappa shape index (κ1) is 24.3. The number of nitrogens with zero attached hydrogens (tertiary/aromatic N) is 2. The lowest BCUT2D eigenvalue weighted by molar-refractivity contribution is -0.132. The number of piperidine rings is 1. The SMILES string of the molecule is O=C1NC(O)CCC1N1Cc2c(SCc3ccc(CCCN4CCOCC4)cc3)cccc2C1=O. The Kier molecular flexibility index (Phi) is 7.72. The van der Waals surface area contributed by atoms with Crippen LogP contribution in [0.2, 0.25) is 0 Å². The van der Waals surface area contributed by atoms with Crippen molar-refractivity contribution in [2.45, 2.75) is 55.1 Å². The van der Waals surface area contributed by atoms with Gasteiger partial charge in [-0.05, 0) is 61.1 Å². The Balaban J connectivity index is 1.16. The van der Waals surface area contributed by atoms with Crippen LogP contribution in [-0.2, 0) is 28.2 Å². The molecule has 186 valence electrons. The van der Waals surface area contributed by atoms with E-state index in [9.17, 15) is 14.7 Å². The lowest BCUT2D eigenvalue weighted by Crippen LogP contribution is -2.54. The summed E-state index contributed by atoms with van der Waals surface area (Å²) in [6, 6.07) is 14.2. The monoisotopic (exact) mass is 495 g/mol. The lowest BCUT2D eigenvalue weighted by atomic mass is 10.0. The predicted octanol–water partition coefficient (Wildman–Crippen LogP) is 2.80. The van der Waals surface area contributed by atoms with Crippen molar-refractivity contribution in [1.82, 2.24) is 15.1 Å². The van der Waals surface area contributed by atoms with Gasteiger partial charge in [0.05, 0.1) is 13.2 Å². The van der Waals surface area contributed by atoms with Gasteiger partial charge < -0.3 is 20.1 Å². The molecule has 2 fully saturated rings. The maximum absolute atomic E-state index is 13.0. The molecule has 2 atom stereocenters. The van der Waals surface area contributed by atoms with Gasteiger partial charge in [0, 0.05) is 35.8 Å². The largest absolute Gasteiger partial charge is 0.379 e. The first-order valence-electron chi connectivity index (χ1n) is 12.5. The first-order valence-corrected chi connectivity index (χ1v) is 13.5. The van der Waals surface area contributed by atoms with Crippen LogP contribution in [0.15, 0.2) is 47.4 Å². The Morgan fingerprint density at radius 1 is 1.03 bits per heavy atom. The lowest BCUT2D eigenvalue weighted by Gasteiger charge is -2.32. The van der Waals surface area contributed by atoms with Crippen molar-refractivity contribution in [3.63, 3.8) is 0 Å². The van der Waals surface area contributed by atoms with Gasteiger partial charge in [-0.3, -0.25) is 14.5 Å². The number of aliphatic hydroxyl groups excluding tert-OH is 1. The van der Waals surface area contributed by atoms with Gasteiger partial charge in [-0.15, -0.1) is 11.8 Å². The highest BCUT2D eigenvalue weighted by molar-refractivity contribution is 7.98. The molecule has 0 bridgehead atoms. The molecule has 3 heterocycles. The van der Waals surface area contributed by atoms with Gasteiger partial charge in [0.25, 0.3) is 5.91 Å². The molecule has 5 rings (SSSR count). The second-order valence-corrected chi connectivity index (χ2v) is 10.5. The average molecular weight is 496 g/mol. The van der Waals surface area contributed by atoms with E-state index < -0.39 is 12.3 Å². The van der Waals surface area contributed by atoms with Crippen molar-refractivity contribution in [3.05, 3.63) is 64.7 Å². The van der Waals surface area contributed by atoms with Gasteiger partial charge in [0.2, 0.25) is 5.91 Å². The smallest absolute Gasteiger partial charge is 0.255 e. The molecule has 0 spiro atoms. The van der Waals surface area contributed by atoms with Crippen molar-refractivity contribution in [1.29, 1.82) is 0 Å². The van der Waals surface area contributed by atoms with E-state index >= 15 is 0 Å². The molecule has 2 N–H and O–H groups in total. The molecule has 2 aromatic carbocycles. The second-order valence-electron chi connectivity index (χ2n) is 9.50. The van der Waals surface area contributed by atoms with Gasteiger partial charge in [-0.25, -0.2) is 0 Å². The van der Waals surface area contributed by atoms with Crippen molar-refractivity contribution in [3.8, 4) is 0 Å². The van der Waals surface area contributed by atoms with E-state index in [1.165, 1.54) is 11.1 Å². The van der Waals surface area contributed by atoms with Crippen LogP contribution < -0.4 is 5.32 Å². The Morgan fingerprint density at radius 3 is 2.57 bits per heavy atom. The number of thioether (sulfide) groups is 1. The van der Waals surface area contributed by atoms with Crippen LogP contribution in [0.1, 0.15) is 46.3 Å². The quantitative estimate of drug-likeness (QED) is 0.548. The molecular formula is C27H33N3O4S. The molecule has 3 aliphatic rings. The Morgan fingerprint density at radius 2 is 1.80 bits per heavy atom. The Labute approximate surface area is 210 Å². The van der Waals surface area contributed by atoms with E-state index in [4.69, 9.17) is 4.74 Å². The number of aryl methyl sites for hydroxylation is 1. The van der Waals surface area contributed by atoms with Gasteiger partial charge in [0.1, 0.15) is 12.3 Å². The summed E-state index contributed by atoms with van der Waals surface area (Å²) in [4.78, 5) is 30.6. The van der Waals surface area contributed by atoms with Gasteiger partial charge in [-0.2, -0.15) is 0 Å². The number of carbonyl (C=O) groups excluding carboxylic acids is 2. The minimum Gasteiger partial charge on any atom is -0.379 e. The summed E-state index contributed by atoms with van der Waals surface area (Å²) in [5.41, 5.74) is 4.31. The molecule has 7 nitrogen and oxygen atoms in total. The summed E-state index contributed by atoms with van der Waals surface area (Å²) in [5.74, 6) is 0.457. The summed E-state index contributed by atoms with van der Waals surface area (Å²) in [7, 11) is 0. The minimum atomic E-state index is -0.818. The fraction of sp³-hybridized carbons (Fsp3) is 0.481. The number of nitrogens with one attached hydrogen (secondary N) is 1. The average Bonchev–Trinajstić information content (AvgIpc) is 3.21. The summed E-state index contributed by atoms with van der Waals surface area (Å²) in [6.45, 7) is 5.35. The number of rotatable bonds is 8. The maximum atomic E-state index is 13.0. The number of amides is 2. The van der Waals surface area contributed by atoms with E-state index in [1.807, 2.05) is 12.1 Å². The molecule has 2 aromatic rings. The number of fused-ring (bicyclic) bond motifs is 1. The van der Waals surface area contributed by atoms with Crippen LogP contribution in [-0.4, -0.2) is 71.8 Å². The normalized spacial score (nSPS) is 22.8. The number of hydrogen-bond acceptors (Lipinski definition) is 6. The number of carbonyl (C=O) groups is 2. The molecule has 35 heavy (non-hydrogen) atoms. The topological polar surface area (TPSA) is 82.1 Å². The zero-order valence-electron chi connectivity index (χ0n) is 19.9. The van der Waals surface area contributed by atoms with Gasteiger partial charge >= 0.3 is 0 Å².